The summed E-state index contributed by atoms with van der Waals surface area (Å²) in [5.74, 6) is 0.806. The topological polar surface area (TPSA) is 101 Å². The van der Waals surface area contributed by atoms with Crippen LogP contribution in [0.5, 0.6) is 6.01 Å². The van der Waals surface area contributed by atoms with Gasteiger partial charge in [-0.1, -0.05) is 6.92 Å². The lowest BCUT2D eigenvalue weighted by Crippen LogP contribution is -2.25. The lowest BCUT2D eigenvalue weighted by atomic mass is 10.4. The summed E-state index contributed by atoms with van der Waals surface area (Å²) in [4.78, 5) is 12.6. The molecule has 1 aromatic rings. The molecule has 0 bridgehead atoms. The van der Waals surface area contributed by atoms with Crippen LogP contribution in [0.3, 0.4) is 0 Å². The molecular weight excluding hydrogens is 274 g/mol. The Bertz CT molecular complexity index is 417. The van der Waals surface area contributed by atoms with Crippen molar-refractivity contribution in [2.45, 2.75) is 39.4 Å². The molecule has 0 aliphatic carbocycles. The number of aromatic nitrogens is 3. The van der Waals surface area contributed by atoms with Crippen LogP contribution < -0.4 is 15.4 Å². The largest absolute Gasteiger partial charge is 0.461 e. The number of aliphatic hydroxyl groups excluding tert-OH is 1. The van der Waals surface area contributed by atoms with Gasteiger partial charge in [0.15, 0.2) is 0 Å². The van der Waals surface area contributed by atoms with E-state index in [4.69, 9.17) is 9.47 Å². The molecule has 1 atom stereocenters. The molecule has 8 heteroatoms. The van der Waals surface area contributed by atoms with Crippen molar-refractivity contribution in [1.29, 1.82) is 0 Å². The highest BCUT2D eigenvalue weighted by Crippen LogP contribution is 2.12. The van der Waals surface area contributed by atoms with E-state index in [1.165, 1.54) is 7.11 Å². The van der Waals surface area contributed by atoms with Gasteiger partial charge in [-0.05, 0) is 20.3 Å². The molecule has 0 aliphatic heterocycles. The van der Waals surface area contributed by atoms with Crippen LogP contribution in [0.15, 0.2) is 0 Å². The van der Waals surface area contributed by atoms with Crippen molar-refractivity contribution in [2.75, 3.05) is 37.4 Å². The first kappa shape index (κ1) is 17.4. The molecule has 21 heavy (non-hydrogen) atoms. The Morgan fingerprint density at radius 3 is 2.38 bits per heavy atom. The van der Waals surface area contributed by atoms with Crippen LogP contribution in [0, 0.1) is 0 Å². The van der Waals surface area contributed by atoms with Crippen molar-refractivity contribution in [2.24, 2.45) is 0 Å². The Hall–Kier alpha value is -1.67. The monoisotopic (exact) mass is 299 g/mol. The van der Waals surface area contributed by atoms with Gasteiger partial charge in [-0.25, -0.2) is 0 Å². The van der Waals surface area contributed by atoms with Crippen molar-refractivity contribution in [1.82, 2.24) is 15.0 Å². The van der Waals surface area contributed by atoms with E-state index in [9.17, 15) is 5.11 Å². The molecule has 0 fully saturated rings. The van der Waals surface area contributed by atoms with Crippen LogP contribution in [0.4, 0.5) is 11.9 Å². The lowest BCUT2D eigenvalue weighted by molar-refractivity contribution is 0.0726. The fraction of sp³-hybridized carbons (Fsp3) is 0.769. The predicted octanol–water partition coefficient (Wildman–Crippen LogP) is 0.900. The van der Waals surface area contributed by atoms with E-state index in [0.29, 0.717) is 11.9 Å². The number of aliphatic hydroxyl groups is 1. The van der Waals surface area contributed by atoms with Crippen LogP contribution >= 0.6 is 0 Å². The normalized spacial score (nSPS) is 12.3. The maximum Gasteiger partial charge on any atom is 0.323 e. The second-order valence-electron chi connectivity index (χ2n) is 4.85. The Morgan fingerprint density at radius 1 is 1.14 bits per heavy atom. The van der Waals surface area contributed by atoms with Crippen molar-refractivity contribution in [3.63, 3.8) is 0 Å². The Labute approximate surface area is 125 Å². The molecule has 0 amide bonds. The van der Waals surface area contributed by atoms with Gasteiger partial charge in [-0.2, -0.15) is 15.0 Å². The number of nitrogens with zero attached hydrogens (tertiary/aromatic N) is 3. The molecule has 0 saturated heterocycles. The van der Waals surface area contributed by atoms with Crippen LogP contribution in [0.1, 0.15) is 27.2 Å². The van der Waals surface area contributed by atoms with Gasteiger partial charge in [0, 0.05) is 20.2 Å². The molecular formula is C13H25N5O3. The molecule has 1 heterocycles. The third-order valence-electron chi connectivity index (χ3n) is 2.34. The minimum absolute atomic E-state index is 0.0293. The Balaban J connectivity index is 2.75. The molecule has 0 spiro atoms. The zero-order valence-corrected chi connectivity index (χ0v) is 13.1. The molecule has 0 saturated carbocycles. The minimum Gasteiger partial charge on any atom is -0.461 e. The maximum absolute atomic E-state index is 9.63. The third kappa shape index (κ3) is 7.05. The van der Waals surface area contributed by atoms with Gasteiger partial charge < -0.3 is 25.2 Å². The van der Waals surface area contributed by atoms with E-state index in [2.05, 4.69) is 32.5 Å². The highest BCUT2D eigenvalue weighted by atomic mass is 16.5. The average molecular weight is 299 g/mol. The number of hydrogen-bond acceptors (Lipinski definition) is 8. The van der Waals surface area contributed by atoms with E-state index < -0.39 is 6.10 Å². The standard InChI is InChI=1S/C13H25N5O3/c1-5-6-14-11-16-12(15-7-10(19)8-20-4)18-13(17-11)21-9(2)3/h9-10,19H,5-8H2,1-4H3,(H2,14,15,16,17,18). The van der Waals surface area contributed by atoms with Crippen molar-refractivity contribution < 1.29 is 14.6 Å². The zero-order chi connectivity index (χ0) is 15.7. The fourth-order valence-corrected chi connectivity index (χ4v) is 1.48. The van der Waals surface area contributed by atoms with Gasteiger partial charge in [0.05, 0.1) is 18.8 Å². The number of anilines is 2. The first-order valence-electron chi connectivity index (χ1n) is 7.12. The van der Waals surface area contributed by atoms with Gasteiger partial charge in [0.2, 0.25) is 11.9 Å². The summed E-state index contributed by atoms with van der Waals surface area (Å²) in [6.45, 7) is 7.15. The SMILES string of the molecule is CCCNc1nc(NCC(O)COC)nc(OC(C)C)n1. The lowest BCUT2D eigenvalue weighted by Gasteiger charge is -2.13. The Morgan fingerprint density at radius 2 is 1.81 bits per heavy atom. The number of ether oxygens (including phenoxy) is 2. The predicted molar refractivity (Wildman–Crippen MR) is 80.7 cm³/mol. The van der Waals surface area contributed by atoms with Crippen LogP contribution in [0.25, 0.3) is 0 Å². The fourth-order valence-electron chi connectivity index (χ4n) is 1.48. The summed E-state index contributed by atoms with van der Waals surface area (Å²) >= 11 is 0. The summed E-state index contributed by atoms with van der Waals surface area (Å²) in [7, 11) is 1.54. The summed E-state index contributed by atoms with van der Waals surface area (Å²) in [5.41, 5.74) is 0. The van der Waals surface area contributed by atoms with E-state index in [0.717, 1.165) is 13.0 Å². The quantitative estimate of drug-likeness (QED) is 0.586. The first-order valence-corrected chi connectivity index (χ1v) is 7.12. The average Bonchev–Trinajstić information content (AvgIpc) is 2.42. The van der Waals surface area contributed by atoms with Gasteiger partial charge in [0.1, 0.15) is 0 Å². The van der Waals surface area contributed by atoms with Gasteiger partial charge >= 0.3 is 6.01 Å². The molecule has 8 nitrogen and oxygen atoms in total. The van der Waals surface area contributed by atoms with Crippen LogP contribution in [-0.4, -0.2) is 59.1 Å². The molecule has 1 aromatic heterocycles. The van der Waals surface area contributed by atoms with Crippen LogP contribution in [-0.2, 0) is 4.74 Å². The zero-order valence-electron chi connectivity index (χ0n) is 13.1. The van der Waals surface area contributed by atoms with Crippen molar-refractivity contribution in [3.05, 3.63) is 0 Å². The van der Waals surface area contributed by atoms with E-state index in [-0.39, 0.29) is 25.3 Å². The molecule has 120 valence electrons. The molecule has 1 rings (SSSR count). The summed E-state index contributed by atoms with van der Waals surface area (Å²) in [6.07, 6.45) is 0.299. The molecule has 0 aliphatic rings. The number of methoxy groups -OCH3 is 1. The van der Waals surface area contributed by atoms with Gasteiger partial charge in [-0.15, -0.1) is 0 Å². The highest BCUT2D eigenvalue weighted by Gasteiger charge is 2.10. The minimum atomic E-state index is -0.631. The van der Waals surface area contributed by atoms with E-state index >= 15 is 0 Å². The molecule has 0 aromatic carbocycles. The van der Waals surface area contributed by atoms with Crippen molar-refractivity contribution in [3.8, 4) is 6.01 Å². The Kier molecular flexibility index (Phi) is 7.70. The van der Waals surface area contributed by atoms with E-state index in [1.54, 1.807) is 0 Å². The number of nitrogens with one attached hydrogen (secondary N) is 2. The number of hydrogen-bond donors (Lipinski definition) is 3. The van der Waals surface area contributed by atoms with Gasteiger partial charge in [0.25, 0.3) is 0 Å². The summed E-state index contributed by atoms with van der Waals surface area (Å²) in [5, 5.41) is 15.7. The molecule has 1 unspecified atom stereocenters. The second-order valence-corrected chi connectivity index (χ2v) is 4.85. The number of rotatable bonds is 10. The molecule has 0 radical (unpaired) electrons. The molecule has 3 N–H and O–H groups in total. The highest BCUT2D eigenvalue weighted by molar-refractivity contribution is 5.35. The maximum atomic E-state index is 9.63. The third-order valence-corrected chi connectivity index (χ3v) is 2.34. The van der Waals surface area contributed by atoms with E-state index in [1.807, 2.05) is 13.8 Å². The second kappa shape index (κ2) is 9.30. The summed E-state index contributed by atoms with van der Waals surface area (Å²) in [6, 6.07) is 0.252. The van der Waals surface area contributed by atoms with Crippen molar-refractivity contribution >= 4 is 11.9 Å². The first-order chi connectivity index (χ1) is 10.0. The van der Waals surface area contributed by atoms with Crippen LogP contribution in [0.2, 0.25) is 0 Å². The smallest absolute Gasteiger partial charge is 0.323 e. The summed E-state index contributed by atoms with van der Waals surface area (Å²) < 4.78 is 10.4. The van der Waals surface area contributed by atoms with Gasteiger partial charge in [-0.3, -0.25) is 0 Å².